The minimum absolute atomic E-state index is 0.129. The summed E-state index contributed by atoms with van der Waals surface area (Å²) in [6.07, 6.45) is 0.852. The molecule has 0 bridgehead atoms. The zero-order valence-corrected chi connectivity index (χ0v) is 16.4. The highest BCUT2D eigenvalue weighted by Gasteiger charge is 2.21. The summed E-state index contributed by atoms with van der Waals surface area (Å²) >= 11 is 1.45. The van der Waals surface area contributed by atoms with Crippen LogP contribution in [0.1, 0.15) is 59.0 Å². The number of nitrogens with two attached hydrogens (primary N) is 1. The minimum atomic E-state index is -0.227. The van der Waals surface area contributed by atoms with Crippen molar-refractivity contribution in [2.24, 2.45) is 11.7 Å². The Bertz CT molecular complexity index is 822. The maximum Gasteiger partial charge on any atom is 0.271 e. The monoisotopic (exact) mass is 379 g/mol. The van der Waals surface area contributed by atoms with Crippen LogP contribution in [-0.2, 0) is 0 Å². The molecule has 0 saturated carbocycles. The number of nitrogens with zero attached hydrogens (tertiary/aromatic N) is 1. The van der Waals surface area contributed by atoms with Crippen molar-refractivity contribution < 1.29 is 4.79 Å². The Morgan fingerprint density at radius 1 is 1.04 bits per heavy atom. The maximum absolute atomic E-state index is 12.9. The molecule has 5 heteroatoms. The van der Waals surface area contributed by atoms with Gasteiger partial charge in [0, 0.05) is 5.38 Å². The lowest BCUT2D eigenvalue weighted by Gasteiger charge is -2.19. The van der Waals surface area contributed by atoms with E-state index < -0.39 is 0 Å². The Labute approximate surface area is 164 Å². The van der Waals surface area contributed by atoms with Crippen LogP contribution in [0.25, 0.3) is 0 Å². The third kappa shape index (κ3) is 5.02. The third-order valence-corrected chi connectivity index (χ3v) is 5.32. The molecule has 4 nitrogen and oxygen atoms in total. The SMILES string of the molecule is CC(C)CC(N)c1nc(C(=O)NC(c2ccccc2)c2ccccc2)cs1. The van der Waals surface area contributed by atoms with E-state index in [4.69, 9.17) is 5.73 Å². The second kappa shape index (κ2) is 8.93. The molecular formula is C22H25N3OS. The lowest BCUT2D eigenvalue weighted by Crippen LogP contribution is -2.29. The van der Waals surface area contributed by atoms with Crippen molar-refractivity contribution >= 4 is 17.2 Å². The summed E-state index contributed by atoms with van der Waals surface area (Å²) in [5, 5.41) is 5.72. The fourth-order valence-electron chi connectivity index (χ4n) is 3.03. The number of benzene rings is 2. The van der Waals surface area contributed by atoms with Crippen molar-refractivity contribution in [2.75, 3.05) is 0 Å². The Balaban J connectivity index is 1.80. The molecule has 140 valence electrons. The van der Waals surface area contributed by atoms with Gasteiger partial charge in [-0.15, -0.1) is 11.3 Å². The molecular weight excluding hydrogens is 354 g/mol. The van der Waals surface area contributed by atoms with Gasteiger partial charge in [0.25, 0.3) is 5.91 Å². The Morgan fingerprint density at radius 3 is 2.11 bits per heavy atom. The van der Waals surface area contributed by atoms with Gasteiger partial charge >= 0.3 is 0 Å². The highest BCUT2D eigenvalue weighted by molar-refractivity contribution is 7.09. The van der Waals surface area contributed by atoms with Gasteiger partial charge < -0.3 is 11.1 Å². The lowest BCUT2D eigenvalue weighted by atomic mass is 9.98. The highest BCUT2D eigenvalue weighted by atomic mass is 32.1. The van der Waals surface area contributed by atoms with Gasteiger partial charge in [-0.25, -0.2) is 4.98 Å². The van der Waals surface area contributed by atoms with Gasteiger partial charge in [-0.3, -0.25) is 4.79 Å². The van der Waals surface area contributed by atoms with Crippen molar-refractivity contribution in [3.8, 4) is 0 Å². The average Bonchev–Trinajstić information content (AvgIpc) is 3.17. The van der Waals surface area contributed by atoms with Crippen LogP contribution in [0.5, 0.6) is 0 Å². The standard InChI is InChI=1S/C22H25N3OS/c1-15(2)13-18(23)22-24-19(14-27-22)21(26)25-20(16-9-5-3-6-10-16)17-11-7-4-8-12-17/h3-12,14-15,18,20H,13,23H2,1-2H3,(H,25,26). The van der Waals surface area contributed by atoms with E-state index in [1.54, 1.807) is 5.38 Å². The van der Waals surface area contributed by atoms with E-state index >= 15 is 0 Å². The second-order valence-electron chi connectivity index (χ2n) is 7.03. The Morgan fingerprint density at radius 2 is 1.59 bits per heavy atom. The summed E-state index contributed by atoms with van der Waals surface area (Å²) in [6.45, 7) is 4.26. The first-order chi connectivity index (χ1) is 13.0. The Kier molecular flexibility index (Phi) is 6.37. The first-order valence-corrected chi connectivity index (χ1v) is 10.0. The molecule has 1 amide bonds. The molecule has 1 aromatic heterocycles. The molecule has 0 radical (unpaired) electrons. The highest BCUT2D eigenvalue weighted by Crippen LogP contribution is 2.25. The summed E-state index contributed by atoms with van der Waals surface area (Å²) in [5.74, 6) is 0.300. The van der Waals surface area contributed by atoms with Crippen molar-refractivity contribution in [3.63, 3.8) is 0 Å². The van der Waals surface area contributed by atoms with E-state index in [1.165, 1.54) is 11.3 Å². The maximum atomic E-state index is 12.9. The number of rotatable bonds is 7. The number of amides is 1. The molecule has 0 saturated heterocycles. The van der Waals surface area contributed by atoms with Gasteiger partial charge in [0.05, 0.1) is 12.1 Å². The average molecular weight is 380 g/mol. The van der Waals surface area contributed by atoms with Gasteiger partial charge in [0.2, 0.25) is 0 Å². The molecule has 0 aliphatic rings. The summed E-state index contributed by atoms with van der Waals surface area (Å²) < 4.78 is 0. The van der Waals surface area contributed by atoms with Crippen LogP contribution in [0.3, 0.4) is 0 Å². The van der Waals surface area contributed by atoms with E-state index in [9.17, 15) is 4.79 Å². The molecule has 0 spiro atoms. The molecule has 2 aromatic carbocycles. The van der Waals surface area contributed by atoms with Crippen LogP contribution in [0.15, 0.2) is 66.0 Å². The van der Waals surface area contributed by atoms with Crippen molar-refractivity contribution in [2.45, 2.75) is 32.4 Å². The van der Waals surface area contributed by atoms with E-state index in [0.29, 0.717) is 11.6 Å². The van der Waals surface area contributed by atoms with Gasteiger partial charge in [0.1, 0.15) is 10.7 Å². The van der Waals surface area contributed by atoms with Crippen molar-refractivity contribution in [3.05, 3.63) is 87.9 Å². The quantitative estimate of drug-likeness (QED) is 0.625. The molecule has 1 atom stereocenters. The zero-order chi connectivity index (χ0) is 19.2. The molecule has 27 heavy (non-hydrogen) atoms. The first kappa shape index (κ1) is 19.3. The molecule has 3 aromatic rings. The zero-order valence-electron chi connectivity index (χ0n) is 15.6. The van der Waals surface area contributed by atoms with Crippen LogP contribution in [0.4, 0.5) is 0 Å². The van der Waals surface area contributed by atoms with Crippen LogP contribution < -0.4 is 11.1 Å². The number of carbonyl (C=O) groups excluding carboxylic acids is 1. The predicted octanol–water partition coefficient (Wildman–Crippen LogP) is 4.71. The van der Waals surface area contributed by atoms with E-state index in [-0.39, 0.29) is 18.0 Å². The van der Waals surface area contributed by atoms with Gasteiger partial charge in [0.15, 0.2) is 0 Å². The molecule has 1 unspecified atom stereocenters. The largest absolute Gasteiger partial charge is 0.340 e. The molecule has 1 heterocycles. The number of hydrogen-bond acceptors (Lipinski definition) is 4. The predicted molar refractivity (Wildman–Crippen MR) is 111 cm³/mol. The van der Waals surface area contributed by atoms with Gasteiger partial charge in [-0.2, -0.15) is 0 Å². The lowest BCUT2D eigenvalue weighted by molar-refractivity contribution is 0.0938. The third-order valence-electron chi connectivity index (χ3n) is 4.34. The Hall–Kier alpha value is -2.50. The molecule has 0 fully saturated rings. The number of aromatic nitrogens is 1. The van der Waals surface area contributed by atoms with Crippen LogP contribution in [0, 0.1) is 5.92 Å². The summed E-state index contributed by atoms with van der Waals surface area (Å²) in [5.41, 5.74) is 8.69. The van der Waals surface area contributed by atoms with Gasteiger partial charge in [-0.05, 0) is 23.5 Å². The van der Waals surface area contributed by atoms with Crippen LogP contribution in [0.2, 0.25) is 0 Å². The topological polar surface area (TPSA) is 68.0 Å². The fourth-order valence-corrected chi connectivity index (χ4v) is 3.84. The van der Waals surface area contributed by atoms with E-state index in [0.717, 1.165) is 22.6 Å². The number of hydrogen-bond donors (Lipinski definition) is 2. The van der Waals surface area contributed by atoms with E-state index in [2.05, 4.69) is 24.1 Å². The minimum Gasteiger partial charge on any atom is -0.340 e. The molecule has 3 rings (SSSR count). The number of nitrogens with one attached hydrogen (secondary N) is 1. The molecule has 0 aliphatic carbocycles. The van der Waals surface area contributed by atoms with E-state index in [1.807, 2.05) is 60.7 Å². The summed E-state index contributed by atoms with van der Waals surface area (Å²) in [7, 11) is 0. The van der Waals surface area contributed by atoms with Crippen LogP contribution in [-0.4, -0.2) is 10.9 Å². The first-order valence-electron chi connectivity index (χ1n) is 9.16. The second-order valence-corrected chi connectivity index (χ2v) is 7.92. The smallest absolute Gasteiger partial charge is 0.271 e. The summed E-state index contributed by atoms with van der Waals surface area (Å²) in [6, 6.07) is 19.5. The fraction of sp³-hybridized carbons (Fsp3) is 0.273. The normalized spacial score (nSPS) is 12.3. The van der Waals surface area contributed by atoms with Crippen molar-refractivity contribution in [1.82, 2.24) is 10.3 Å². The summed E-state index contributed by atoms with van der Waals surface area (Å²) in [4.78, 5) is 17.3. The van der Waals surface area contributed by atoms with Crippen molar-refractivity contribution in [1.29, 1.82) is 0 Å². The van der Waals surface area contributed by atoms with Crippen LogP contribution >= 0.6 is 11.3 Å². The number of thiazole rings is 1. The number of carbonyl (C=O) groups is 1. The molecule has 0 aliphatic heterocycles. The van der Waals surface area contributed by atoms with Gasteiger partial charge in [-0.1, -0.05) is 74.5 Å². The molecule has 3 N–H and O–H groups in total.